The fraction of sp³-hybridized carbons (Fsp3) is 0.167. The van der Waals surface area contributed by atoms with Gasteiger partial charge in [-0.15, -0.1) is 0 Å². The molecule has 0 aliphatic heterocycles. The van der Waals surface area contributed by atoms with Gasteiger partial charge in [-0.3, -0.25) is 4.79 Å². The number of aromatic nitrogens is 2. The van der Waals surface area contributed by atoms with E-state index in [4.69, 9.17) is 9.26 Å². The molecule has 1 heterocycles. The second kappa shape index (κ2) is 6.87. The van der Waals surface area contributed by atoms with Crippen molar-refractivity contribution in [1.82, 2.24) is 10.1 Å². The Hall–Kier alpha value is -2.95. The van der Waals surface area contributed by atoms with Crippen LogP contribution in [0.25, 0.3) is 11.4 Å². The van der Waals surface area contributed by atoms with Gasteiger partial charge < -0.3 is 9.26 Å². The molecule has 0 aliphatic carbocycles. The van der Waals surface area contributed by atoms with Crippen LogP contribution in [-0.2, 0) is 13.0 Å². The van der Waals surface area contributed by atoms with E-state index in [9.17, 15) is 4.79 Å². The number of aryl methyl sites for hydroxylation is 1. The highest BCUT2D eigenvalue weighted by Crippen LogP contribution is 2.18. The van der Waals surface area contributed by atoms with Crippen molar-refractivity contribution < 1.29 is 14.1 Å². The second-order valence-corrected chi connectivity index (χ2v) is 5.04. The van der Waals surface area contributed by atoms with Crippen molar-refractivity contribution in [3.05, 3.63) is 65.5 Å². The lowest BCUT2D eigenvalue weighted by Crippen LogP contribution is -1.96. The van der Waals surface area contributed by atoms with Crippen LogP contribution in [0.15, 0.2) is 53.1 Å². The van der Waals surface area contributed by atoms with Gasteiger partial charge in [0, 0.05) is 11.1 Å². The fourth-order valence-corrected chi connectivity index (χ4v) is 2.14. The molecule has 5 nitrogen and oxygen atoms in total. The van der Waals surface area contributed by atoms with Gasteiger partial charge in [0.25, 0.3) is 5.89 Å². The van der Waals surface area contributed by atoms with Gasteiger partial charge in [0.1, 0.15) is 12.0 Å². The van der Waals surface area contributed by atoms with E-state index in [0.717, 1.165) is 18.3 Å². The Labute approximate surface area is 133 Å². The minimum absolute atomic E-state index is 0.155. The van der Waals surface area contributed by atoms with Crippen LogP contribution in [0.5, 0.6) is 5.75 Å². The number of ether oxygens (including phenoxy) is 1. The van der Waals surface area contributed by atoms with Crippen molar-refractivity contribution in [3.8, 4) is 17.1 Å². The monoisotopic (exact) mass is 308 g/mol. The molecule has 0 saturated carbocycles. The van der Waals surface area contributed by atoms with E-state index in [0.29, 0.717) is 23.0 Å². The Kier molecular flexibility index (Phi) is 4.47. The van der Waals surface area contributed by atoms with Crippen LogP contribution in [0.3, 0.4) is 0 Å². The Balaban J connectivity index is 1.67. The van der Waals surface area contributed by atoms with E-state index >= 15 is 0 Å². The first-order valence-electron chi connectivity index (χ1n) is 7.38. The molecule has 0 unspecified atom stereocenters. The Morgan fingerprint density at radius 2 is 2.00 bits per heavy atom. The van der Waals surface area contributed by atoms with Crippen molar-refractivity contribution in [2.24, 2.45) is 0 Å². The van der Waals surface area contributed by atoms with Crippen molar-refractivity contribution in [2.45, 2.75) is 20.0 Å². The minimum atomic E-state index is 0.155. The molecule has 0 N–H and O–H groups in total. The molecule has 0 spiro atoms. The molecule has 0 atom stereocenters. The summed E-state index contributed by atoms with van der Waals surface area (Å²) in [5.74, 6) is 1.51. The lowest BCUT2D eigenvalue weighted by molar-refractivity contribution is 0.112. The molecule has 5 heteroatoms. The molecule has 2 aromatic carbocycles. The predicted molar refractivity (Wildman–Crippen MR) is 85.3 cm³/mol. The van der Waals surface area contributed by atoms with Gasteiger partial charge >= 0.3 is 0 Å². The van der Waals surface area contributed by atoms with E-state index in [-0.39, 0.29) is 6.61 Å². The van der Waals surface area contributed by atoms with Gasteiger partial charge in [-0.25, -0.2) is 0 Å². The number of nitrogens with zero attached hydrogens (tertiary/aromatic N) is 2. The average Bonchev–Trinajstić information content (AvgIpc) is 3.09. The summed E-state index contributed by atoms with van der Waals surface area (Å²) < 4.78 is 10.8. The average molecular weight is 308 g/mol. The van der Waals surface area contributed by atoms with E-state index in [1.165, 1.54) is 5.56 Å². The molecule has 23 heavy (non-hydrogen) atoms. The highest BCUT2D eigenvalue weighted by Gasteiger charge is 2.09. The summed E-state index contributed by atoms with van der Waals surface area (Å²) in [7, 11) is 0. The van der Waals surface area contributed by atoms with Crippen LogP contribution in [0.4, 0.5) is 0 Å². The van der Waals surface area contributed by atoms with E-state index in [1.54, 1.807) is 24.3 Å². The number of carbonyl (C=O) groups is 1. The number of hydrogen-bond donors (Lipinski definition) is 0. The van der Waals surface area contributed by atoms with Gasteiger partial charge in [-0.2, -0.15) is 4.98 Å². The van der Waals surface area contributed by atoms with E-state index in [2.05, 4.69) is 17.1 Å². The summed E-state index contributed by atoms with van der Waals surface area (Å²) in [5.41, 5.74) is 2.72. The molecule has 1 aromatic heterocycles. The number of aldehydes is 1. The summed E-state index contributed by atoms with van der Waals surface area (Å²) in [6, 6.07) is 14.9. The normalized spacial score (nSPS) is 10.5. The molecule has 0 radical (unpaired) electrons. The summed E-state index contributed by atoms with van der Waals surface area (Å²) in [4.78, 5) is 15.1. The summed E-state index contributed by atoms with van der Waals surface area (Å²) in [6.45, 7) is 2.26. The third-order valence-electron chi connectivity index (χ3n) is 3.44. The highest BCUT2D eigenvalue weighted by atomic mass is 16.5. The standard InChI is InChI=1S/C18H16N2O3/c1-2-13-6-8-15(9-7-13)18-19-17(23-20-18)12-22-16-5-3-4-14(10-16)11-21/h3-11H,2,12H2,1H3. The second-order valence-electron chi connectivity index (χ2n) is 5.04. The molecular formula is C18H16N2O3. The molecule has 0 fully saturated rings. The Morgan fingerprint density at radius 3 is 2.74 bits per heavy atom. The summed E-state index contributed by atoms with van der Waals surface area (Å²) >= 11 is 0. The van der Waals surface area contributed by atoms with Crippen LogP contribution in [0.1, 0.15) is 28.7 Å². The predicted octanol–water partition coefficient (Wildman–Crippen LogP) is 3.69. The van der Waals surface area contributed by atoms with Crippen molar-refractivity contribution in [3.63, 3.8) is 0 Å². The third kappa shape index (κ3) is 3.63. The first-order valence-corrected chi connectivity index (χ1v) is 7.38. The maximum absolute atomic E-state index is 10.7. The fourth-order valence-electron chi connectivity index (χ4n) is 2.14. The largest absolute Gasteiger partial charge is 0.484 e. The molecule has 0 aliphatic rings. The first kappa shape index (κ1) is 15.0. The Bertz CT molecular complexity index is 794. The molecule has 116 valence electrons. The zero-order chi connectivity index (χ0) is 16.1. The number of benzene rings is 2. The van der Waals surface area contributed by atoms with Gasteiger partial charge in [0.05, 0.1) is 0 Å². The van der Waals surface area contributed by atoms with Crippen LogP contribution in [-0.4, -0.2) is 16.4 Å². The smallest absolute Gasteiger partial charge is 0.264 e. The quantitative estimate of drug-likeness (QED) is 0.650. The Morgan fingerprint density at radius 1 is 1.17 bits per heavy atom. The maximum atomic E-state index is 10.7. The molecule has 3 aromatic rings. The highest BCUT2D eigenvalue weighted by molar-refractivity contribution is 5.75. The molecule has 3 rings (SSSR count). The summed E-state index contributed by atoms with van der Waals surface area (Å²) in [5, 5.41) is 3.97. The van der Waals surface area contributed by atoms with Gasteiger partial charge in [0.15, 0.2) is 6.61 Å². The molecule has 0 saturated heterocycles. The lowest BCUT2D eigenvalue weighted by Gasteiger charge is -2.02. The molecule has 0 amide bonds. The van der Waals surface area contributed by atoms with Crippen LogP contribution in [0, 0.1) is 0 Å². The number of rotatable bonds is 6. The van der Waals surface area contributed by atoms with Crippen molar-refractivity contribution in [1.29, 1.82) is 0 Å². The molecule has 0 bridgehead atoms. The minimum Gasteiger partial charge on any atom is -0.484 e. The third-order valence-corrected chi connectivity index (χ3v) is 3.44. The zero-order valence-corrected chi connectivity index (χ0v) is 12.7. The van der Waals surface area contributed by atoms with Gasteiger partial charge in [0.2, 0.25) is 5.82 Å². The van der Waals surface area contributed by atoms with Crippen LogP contribution < -0.4 is 4.74 Å². The van der Waals surface area contributed by atoms with Crippen molar-refractivity contribution >= 4 is 6.29 Å². The zero-order valence-electron chi connectivity index (χ0n) is 12.7. The van der Waals surface area contributed by atoms with E-state index in [1.807, 2.05) is 24.3 Å². The van der Waals surface area contributed by atoms with Crippen LogP contribution in [0.2, 0.25) is 0 Å². The van der Waals surface area contributed by atoms with Crippen LogP contribution >= 0.6 is 0 Å². The maximum Gasteiger partial charge on any atom is 0.264 e. The van der Waals surface area contributed by atoms with Gasteiger partial charge in [-0.05, 0) is 24.1 Å². The topological polar surface area (TPSA) is 65.2 Å². The summed E-state index contributed by atoms with van der Waals surface area (Å²) in [6.07, 6.45) is 1.77. The number of carbonyl (C=O) groups excluding carboxylic acids is 1. The van der Waals surface area contributed by atoms with E-state index < -0.39 is 0 Å². The molecular weight excluding hydrogens is 292 g/mol. The van der Waals surface area contributed by atoms with Crippen molar-refractivity contribution in [2.75, 3.05) is 0 Å². The van der Waals surface area contributed by atoms with Gasteiger partial charge in [-0.1, -0.05) is 48.5 Å². The SMILES string of the molecule is CCc1ccc(-c2noc(COc3cccc(C=O)c3)n2)cc1. The number of hydrogen-bond acceptors (Lipinski definition) is 5. The first-order chi connectivity index (χ1) is 11.3. The lowest BCUT2D eigenvalue weighted by atomic mass is 10.1.